The Kier molecular flexibility index (Phi) is 5.05. The second-order valence-electron chi connectivity index (χ2n) is 6.74. The van der Waals surface area contributed by atoms with Gasteiger partial charge in [0.15, 0.2) is 0 Å². The van der Waals surface area contributed by atoms with Gasteiger partial charge in [-0.3, -0.25) is 9.10 Å². The lowest BCUT2D eigenvalue weighted by Gasteiger charge is -2.28. The van der Waals surface area contributed by atoms with Gasteiger partial charge in [0.1, 0.15) is 6.54 Å². The van der Waals surface area contributed by atoms with Crippen molar-refractivity contribution < 1.29 is 13.2 Å². The first-order valence-corrected chi connectivity index (χ1v) is 10.6. The number of benzene rings is 2. The van der Waals surface area contributed by atoms with E-state index in [1.54, 1.807) is 17.0 Å². The number of carbonyl (C=O) groups excluding carboxylic acids is 1. The van der Waals surface area contributed by atoms with Crippen molar-refractivity contribution in [2.24, 2.45) is 0 Å². The zero-order valence-electron chi connectivity index (χ0n) is 15.3. The molecule has 138 valence electrons. The standard InChI is InChI=1S/C20H24N2O3S/c1-4-16-9-11-18(12-10-16)21(26(3,24)25)14-20(23)22-15(2)13-17-7-5-6-8-19(17)22/h5-12,15H,4,13-14H2,1-3H3/t15-/m1/s1. The Labute approximate surface area is 155 Å². The monoisotopic (exact) mass is 372 g/mol. The first-order chi connectivity index (χ1) is 12.3. The fraction of sp³-hybridized carbons (Fsp3) is 0.350. The molecule has 1 aliphatic heterocycles. The Bertz CT molecular complexity index is 907. The highest BCUT2D eigenvalue weighted by atomic mass is 32.2. The van der Waals surface area contributed by atoms with Crippen LogP contribution in [-0.2, 0) is 27.7 Å². The van der Waals surface area contributed by atoms with E-state index in [9.17, 15) is 13.2 Å². The lowest BCUT2D eigenvalue weighted by atomic mass is 10.1. The van der Waals surface area contributed by atoms with E-state index < -0.39 is 10.0 Å². The van der Waals surface area contributed by atoms with Crippen LogP contribution in [0.25, 0.3) is 0 Å². The van der Waals surface area contributed by atoms with E-state index in [2.05, 4.69) is 0 Å². The number of amides is 1. The van der Waals surface area contributed by atoms with Crippen LogP contribution in [-0.4, -0.2) is 33.2 Å². The molecule has 1 amide bonds. The van der Waals surface area contributed by atoms with Crippen LogP contribution >= 0.6 is 0 Å². The van der Waals surface area contributed by atoms with Gasteiger partial charge < -0.3 is 4.90 Å². The van der Waals surface area contributed by atoms with Crippen molar-refractivity contribution in [1.82, 2.24) is 0 Å². The highest BCUT2D eigenvalue weighted by Crippen LogP contribution is 2.32. The van der Waals surface area contributed by atoms with Crippen LogP contribution in [0.15, 0.2) is 48.5 Å². The number of fused-ring (bicyclic) bond motifs is 1. The lowest BCUT2D eigenvalue weighted by Crippen LogP contribution is -2.45. The van der Waals surface area contributed by atoms with E-state index in [1.165, 1.54) is 4.31 Å². The Morgan fingerprint density at radius 2 is 1.81 bits per heavy atom. The smallest absolute Gasteiger partial charge is 0.248 e. The third kappa shape index (κ3) is 3.60. The molecule has 6 heteroatoms. The van der Waals surface area contributed by atoms with Crippen LogP contribution in [0, 0.1) is 0 Å². The third-order valence-electron chi connectivity index (χ3n) is 4.79. The molecule has 1 heterocycles. The van der Waals surface area contributed by atoms with Gasteiger partial charge in [0.05, 0.1) is 11.9 Å². The number of aryl methyl sites for hydroxylation is 1. The second kappa shape index (κ2) is 7.11. The van der Waals surface area contributed by atoms with Crippen LogP contribution < -0.4 is 9.21 Å². The quantitative estimate of drug-likeness (QED) is 0.811. The van der Waals surface area contributed by atoms with Crippen molar-refractivity contribution in [2.75, 3.05) is 22.0 Å². The lowest BCUT2D eigenvalue weighted by molar-refractivity contribution is -0.117. The molecular formula is C20H24N2O3S. The van der Waals surface area contributed by atoms with Crippen LogP contribution in [0.1, 0.15) is 25.0 Å². The minimum atomic E-state index is -3.57. The molecule has 0 saturated heterocycles. The predicted molar refractivity (Wildman–Crippen MR) is 105 cm³/mol. The summed E-state index contributed by atoms with van der Waals surface area (Å²) in [5, 5.41) is 0. The molecule has 26 heavy (non-hydrogen) atoms. The van der Waals surface area contributed by atoms with E-state index in [0.717, 1.165) is 35.9 Å². The second-order valence-corrected chi connectivity index (χ2v) is 8.64. The van der Waals surface area contributed by atoms with Crippen molar-refractivity contribution in [1.29, 1.82) is 0 Å². The van der Waals surface area contributed by atoms with E-state index in [0.29, 0.717) is 5.69 Å². The number of anilines is 2. The van der Waals surface area contributed by atoms with Crippen LogP contribution in [0.4, 0.5) is 11.4 Å². The van der Waals surface area contributed by atoms with Gasteiger partial charge in [0.25, 0.3) is 0 Å². The molecule has 3 rings (SSSR count). The summed E-state index contributed by atoms with van der Waals surface area (Å²) < 4.78 is 25.8. The summed E-state index contributed by atoms with van der Waals surface area (Å²) >= 11 is 0. The van der Waals surface area contributed by atoms with E-state index in [1.807, 2.05) is 50.2 Å². The molecule has 0 radical (unpaired) electrons. The summed E-state index contributed by atoms with van der Waals surface area (Å²) in [4.78, 5) is 14.7. The third-order valence-corrected chi connectivity index (χ3v) is 5.93. The Morgan fingerprint density at radius 1 is 1.15 bits per heavy atom. The SMILES string of the molecule is CCc1ccc(N(CC(=O)N2c3ccccc3C[C@H]2C)S(C)(=O)=O)cc1. The fourth-order valence-electron chi connectivity index (χ4n) is 3.44. The van der Waals surface area contributed by atoms with Crippen molar-refractivity contribution >= 4 is 27.3 Å². The number of rotatable bonds is 5. The Morgan fingerprint density at radius 3 is 2.42 bits per heavy atom. The summed E-state index contributed by atoms with van der Waals surface area (Å²) in [6, 6.07) is 15.1. The summed E-state index contributed by atoms with van der Waals surface area (Å²) in [6.45, 7) is 3.82. The van der Waals surface area contributed by atoms with Crippen molar-refractivity contribution in [3.63, 3.8) is 0 Å². The highest BCUT2D eigenvalue weighted by molar-refractivity contribution is 7.92. The normalized spacial score (nSPS) is 16.4. The van der Waals surface area contributed by atoms with Gasteiger partial charge in [0, 0.05) is 11.7 Å². The van der Waals surface area contributed by atoms with Gasteiger partial charge >= 0.3 is 0 Å². The van der Waals surface area contributed by atoms with Gasteiger partial charge in [-0.2, -0.15) is 0 Å². The first kappa shape index (κ1) is 18.5. The molecule has 5 nitrogen and oxygen atoms in total. The number of sulfonamides is 1. The van der Waals surface area contributed by atoms with E-state index in [4.69, 9.17) is 0 Å². The average Bonchev–Trinajstić information content (AvgIpc) is 2.94. The fourth-order valence-corrected chi connectivity index (χ4v) is 4.29. The Balaban J connectivity index is 1.89. The number of hydrogen-bond donors (Lipinski definition) is 0. The van der Waals surface area contributed by atoms with E-state index in [-0.39, 0.29) is 18.5 Å². The topological polar surface area (TPSA) is 57.7 Å². The largest absolute Gasteiger partial charge is 0.307 e. The number of para-hydroxylation sites is 1. The first-order valence-electron chi connectivity index (χ1n) is 8.78. The number of carbonyl (C=O) groups is 1. The minimum absolute atomic E-state index is 0.0174. The van der Waals surface area contributed by atoms with Crippen LogP contribution in [0.3, 0.4) is 0 Å². The molecule has 1 atom stereocenters. The predicted octanol–water partition coefficient (Wildman–Crippen LogP) is 2.99. The van der Waals surface area contributed by atoms with Gasteiger partial charge in [-0.25, -0.2) is 8.42 Å². The molecule has 2 aromatic rings. The van der Waals surface area contributed by atoms with Crippen molar-refractivity contribution in [3.05, 3.63) is 59.7 Å². The average molecular weight is 372 g/mol. The maximum absolute atomic E-state index is 13.0. The summed E-state index contributed by atoms with van der Waals surface area (Å²) in [5.41, 5.74) is 3.63. The Hall–Kier alpha value is -2.34. The zero-order valence-corrected chi connectivity index (χ0v) is 16.2. The summed E-state index contributed by atoms with van der Waals surface area (Å²) in [5.74, 6) is -0.215. The van der Waals surface area contributed by atoms with Crippen molar-refractivity contribution in [2.45, 2.75) is 32.7 Å². The molecule has 0 bridgehead atoms. The molecule has 1 aliphatic rings. The molecule has 0 unspecified atom stereocenters. The minimum Gasteiger partial charge on any atom is -0.307 e. The number of hydrogen-bond acceptors (Lipinski definition) is 3. The summed E-state index contributed by atoms with van der Waals surface area (Å²) in [7, 11) is -3.57. The van der Waals surface area contributed by atoms with Gasteiger partial charge in [0.2, 0.25) is 15.9 Å². The van der Waals surface area contributed by atoms with Crippen molar-refractivity contribution in [3.8, 4) is 0 Å². The zero-order chi connectivity index (χ0) is 18.9. The van der Waals surface area contributed by atoms with Crippen LogP contribution in [0.2, 0.25) is 0 Å². The molecule has 0 N–H and O–H groups in total. The van der Waals surface area contributed by atoms with E-state index >= 15 is 0 Å². The molecular weight excluding hydrogens is 348 g/mol. The maximum atomic E-state index is 13.0. The molecule has 0 fully saturated rings. The van der Waals surface area contributed by atoms with Gasteiger partial charge in [-0.15, -0.1) is 0 Å². The maximum Gasteiger partial charge on any atom is 0.248 e. The highest BCUT2D eigenvalue weighted by Gasteiger charge is 2.33. The van der Waals surface area contributed by atoms with Gasteiger partial charge in [-0.05, 0) is 49.1 Å². The molecule has 0 aromatic heterocycles. The molecule has 2 aromatic carbocycles. The van der Waals surface area contributed by atoms with Crippen LogP contribution in [0.5, 0.6) is 0 Å². The molecule has 0 aliphatic carbocycles. The summed E-state index contributed by atoms with van der Waals surface area (Å²) in [6.07, 6.45) is 2.79. The number of nitrogens with zero attached hydrogens (tertiary/aromatic N) is 2. The van der Waals surface area contributed by atoms with Gasteiger partial charge in [-0.1, -0.05) is 37.3 Å². The molecule has 0 saturated carbocycles. The molecule has 0 spiro atoms.